The molecule has 2 rings (SSSR count). The second-order valence-electron chi connectivity index (χ2n) is 4.52. The van der Waals surface area contributed by atoms with Gasteiger partial charge in [0.25, 0.3) is 0 Å². The van der Waals surface area contributed by atoms with Crippen molar-refractivity contribution in [3.8, 4) is 0 Å². The van der Waals surface area contributed by atoms with Gasteiger partial charge in [0.2, 0.25) is 0 Å². The number of halogens is 2. The molecule has 1 heterocycles. The van der Waals surface area contributed by atoms with E-state index in [9.17, 15) is 4.39 Å². The van der Waals surface area contributed by atoms with Gasteiger partial charge < -0.3 is 5.32 Å². The summed E-state index contributed by atoms with van der Waals surface area (Å²) in [6, 6.07) is 5.24. The minimum atomic E-state index is -0.272. The smallest absolute Gasteiger partial charge is 0.124 e. The van der Waals surface area contributed by atoms with E-state index in [1.807, 2.05) is 0 Å². The van der Waals surface area contributed by atoms with Crippen LogP contribution in [-0.2, 0) is 6.54 Å². The average molecular weight is 257 g/mol. The quantitative estimate of drug-likeness (QED) is 0.871. The minimum Gasteiger partial charge on any atom is -0.314 e. The zero-order valence-electron chi connectivity index (χ0n) is 10.0. The molecule has 1 aromatic rings. The summed E-state index contributed by atoms with van der Waals surface area (Å²) in [6.45, 7) is 6.11. The van der Waals surface area contributed by atoms with Gasteiger partial charge in [0.15, 0.2) is 0 Å². The van der Waals surface area contributed by atoms with Crippen molar-refractivity contribution in [3.63, 3.8) is 0 Å². The van der Waals surface area contributed by atoms with Crippen LogP contribution in [-0.4, -0.2) is 30.6 Å². The van der Waals surface area contributed by atoms with Crippen molar-refractivity contribution in [2.75, 3.05) is 19.6 Å². The summed E-state index contributed by atoms with van der Waals surface area (Å²) in [5, 5.41) is 3.80. The topological polar surface area (TPSA) is 15.3 Å². The molecule has 4 heteroatoms. The van der Waals surface area contributed by atoms with E-state index >= 15 is 0 Å². The Morgan fingerprint density at radius 1 is 1.47 bits per heavy atom. The summed E-state index contributed by atoms with van der Waals surface area (Å²) in [7, 11) is 0. The Labute approximate surface area is 107 Å². The summed E-state index contributed by atoms with van der Waals surface area (Å²) in [4.78, 5) is 2.41. The third-order valence-electron chi connectivity index (χ3n) is 3.18. The van der Waals surface area contributed by atoms with Gasteiger partial charge in [-0.3, -0.25) is 4.90 Å². The predicted octanol–water partition coefficient (Wildman–Crippen LogP) is 2.66. The highest BCUT2D eigenvalue weighted by atomic mass is 35.5. The molecule has 94 valence electrons. The van der Waals surface area contributed by atoms with Gasteiger partial charge in [0.1, 0.15) is 5.82 Å². The second kappa shape index (κ2) is 5.80. The number of nitrogens with one attached hydrogen (secondary N) is 1. The molecular formula is C13H18ClFN2. The maximum absolute atomic E-state index is 13.0. The lowest BCUT2D eigenvalue weighted by molar-refractivity contribution is 0.138. The predicted molar refractivity (Wildman–Crippen MR) is 68.8 cm³/mol. The highest BCUT2D eigenvalue weighted by Crippen LogP contribution is 2.20. The van der Waals surface area contributed by atoms with Gasteiger partial charge in [-0.1, -0.05) is 24.6 Å². The highest BCUT2D eigenvalue weighted by molar-refractivity contribution is 6.31. The molecule has 1 fully saturated rings. The van der Waals surface area contributed by atoms with E-state index in [0.717, 1.165) is 38.2 Å². The standard InChI is InChI=1S/C13H18ClFN2/c1-2-5-17(12-7-16-8-12)9-10-3-4-11(15)6-13(10)14/h3-4,6,12,16H,2,5,7-9H2,1H3. The molecular weight excluding hydrogens is 239 g/mol. The van der Waals surface area contributed by atoms with Crippen LogP contribution in [0.2, 0.25) is 5.02 Å². The first-order valence-electron chi connectivity index (χ1n) is 6.09. The SMILES string of the molecule is CCCN(Cc1ccc(F)cc1Cl)C1CNC1. The molecule has 1 aliphatic heterocycles. The van der Waals surface area contributed by atoms with Crippen LogP contribution in [0.1, 0.15) is 18.9 Å². The third-order valence-corrected chi connectivity index (χ3v) is 3.53. The first kappa shape index (κ1) is 12.8. The molecule has 0 saturated carbocycles. The largest absolute Gasteiger partial charge is 0.314 e. The van der Waals surface area contributed by atoms with Crippen molar-refractivity contribution in [1.29, 1.82) is 0 Å². The van der Waals surface area contributed by atoms with Crippen LogP contribution in [0.15, 0.2) is 18.2 Å². The molecule has 0 atom stereocenters. The van der Waals surface area contributed by atoms with Crippen LogP contribution in [0.3, 0.4) is 0 Å². The molecule has 1 aromatic carbocycles. The molecule has 0 unspecified atom stereocenters. The van der Waals surface area contributed by atoms with Crippen LogP contribution in [0.5, 0.6) is 0 Å². The summed E-state index contributed by atoms with van der Waals surface area (Å²) >= 11 is 6.06. The maximum atomic E-state index is 13.0. The molecule has 1 aliphatic rings. The number of rotatable bonds is 5. The molecule has 0 aliphatic carbocycles. The lowest BCUT2D eigenvalue weighted by Crippen LogP contribution is -2.56. The molecule has 1 saturated heterocycles. The fourth-order valence-electron chi connectivity index (χ4n) is 2.08. The molecule has 0 aromatic heterocycles. The lowest BCUT2D eigenvalue weighted by atomic mass is 10.1. The molecule has 0 spiro atoms. The highest BCUT2D eigenvalue weighted by Gasteiger charge is 2.24. The Hall–Kier alpha value is -0.640. The zero-order valence-corrected chi connectivity index (χ0v) is 10.8. The fourth-order valence-corrected chi connectivity index (χ4v) is 2.31. The first-order chi connectivity index (χ1) is 8.20. The zero-order chi connectivity index (χ0) is 12.3. The van der Waals surface area contributed by atoms with Crippen molar-refractivity contribution in [1.82, 2.24) is 10.2 Å². The van der Waals surface area contributed by atoms with E-state index in [1.165, 1.54) is 12.1 Å². The van der Waals surface area contributed by atoms with E-state index in [2.05, 4.69) is 17.1 Å². The first-order valence-corrected chi connectivity index (χ1v) is 6.47. The summed E-state index contributed by atoms with van der Waals surface area (Å²) in [6.07, 6.45) is 1.12. The Morgan fingerprint density at radius 3 is 2.76 bits per heavy atom. The monoisotopic (exact) mass is 256 g/mol. The van der Waals surface area contributed by atoms with Gasteiger partial charge in [0.05, 0.1) is 0 Å². The van der Waals surface area contributed by atoms with Gasteiger partial charge in [-0.2, -0.15) is 0 Å². The van der Waals surface area contributed by atoms with Crippen LogP contribution in [0.4, 0.5) is 4.39 Å². The van der Waals surface area contributed by atoms with Crippen LogP contribution >= 0.6 is 11.6 Å². The summed E-state index contributed by atoms with van der Waals surface area (Å²) < 4.78 is 13.0. The number of nitrogens with zero attached hydrogens (tertiary/aromatic N) is 1. The van der Waals surface area contributed by atoms with Crippen LogP contribution < -0.4 is 5.32 Å². The Kier molecular flexibility index (Phi) is 4.37. The van der Waals surface area contributed by atoms with Crippen molar-refractivity contribution < 1.29 is 4.39 Å². The third kappa shape index (κ3) is 3.18. The van der Waals surface area contributed by atoms with Gasteiger partial charge in [-0.15, -0.1) is 0 Å². The van der Waals surface area contributed by atoms with Crippen molar-refractivity contribution in [2.24, 2.45) is 0 Å². The van der Waals surface area contributed by atoms with Crippen LogP contribution in [0, 0.1) is 5.82 Å². The molecule has 0 bridgehead atoms. The molecule has 1 N–H and O–H groups in total. The average Bonchev–Trinajstić information content (AvgIpc) is 2.20. The normalized spacial score (nSPS) is 16.2. The van der Waals surface area contributed by atoms with Crippen molar-refractivity contribution in [2.45, 2.75) is 25.9 Å². The molecule has 17 heavy (non-hydrogen) atoms. The van der Waals surface area contributed by atoms with Gasteiger partial charge in [0, 0.05) is 30.7 Å². The van der Waals surface area contributed by atoms with E-state index in [-0.39, 0.29) is 5.82 Å². The maximum Gasteiger partial charge on any atom is 0.124 e. The van der Waals surface area contributed by atoms with E-state index in [4.69, 9.17) is 11.6 Å². The lowest BCUT2D eigenvalue weighted by Gasteiger charge is -2.38. The minimum absolute atomic E-state index is 0.272. The van der Waals surface area contributed by atoms with Crippen LogP contribution in [0.25, 0.3) is 0 Å². The fraction of sp³-hybridized carbons (Fsp3) is 0.538. The number of benzene rings is 1. The Bertz CT molecular complexity index is 380. The van der Waals surface area contributed by atoms with E-state index in [1.54, 1.807) is 6.07 Å². The number of hydrogen-bond donors (Lipinski definition) is 1. The van der Waals surface area contributed by atoms with Gasteiger partial charge in [-0.25, -0.2) is 4.39 Å². The van der Waals surface area contributed by atoms with Gasteiger partial charge >= 0.3 is 0 Å². The van der Waals surface area contributed by atoms with Crippen molar-refractivity contribution >= 4 is 11.6 Å². The Morgan fingerprint density at radius 2 is 2.24 bits per heavy atom. The molecule has 0 amide bonds. The van der Waals surface area contributed by atoms with Gasteiger partial charge in [-0.05, 0) is 30.7 Å². The summed E-state index contributed by atoms with van der Waals surface area (Å²) in [5.41, 5.74) is 1.01. The molecule has 2 nitrogen and oxygen atoms in total. The summed E-state index contributed by atoms with van der Waals surface area (Å²) in [5.74, 6) is -0.272. The molecule has 0 radical (unpaired) electrons. The van der Waals surface area contributed by atoms with E-state index in [0.29, 0.717) is 11.1 Å². The Balaban J connectivity index is 2.05. The second-order valence-corrected chi connectivity index (χ2v) is 4.93. The van der Waals surface area contributed by atoms with E-state index < -0.39 is 0 Å². The van der Waals surface area contributed by atoms with Crippen molar-refractivity contribution in [3.05, 3.63) is 34.6 Å². The number of hydrogen-bond acceptors (Lipinski definition) is 2.